The summed E-state index contributed by atoms with van der Waals surface area (Å²) in [6.07, 6.45) is 3.76. The van der Waals surface area contributed by atoms with Gasteiger partial charge in [-0.15, -0.1) is 0 Å². The molecule has 0 radical (unpaired) electrons. The predicted molar refractivity (Wildman–Crippen MR) is 45.0 cm³/mol. The number of hydrogen-bond acceptors (Lipinski definition) is 5. The molecule has 2 heterocycles. The number of nitrogens with one attached hydrogen (secondary N) is 1. The van der Waals surface area contributed by atoms with Crippen LogP contribution in [-0.2, 0) is 11.3 Å². The van der Waals surface area contributed by atoms with E-state index in [9.17, 15) is 0 Å². The number of aromatic nitrogens is 2. The Kier molecular flexibility index (Phi) is 2.89. The second-order valence-corrected chi connectivity index (χ2v) is 3.16. The van der Waals surface area contributed by atoms with Gasteiger partial charge in [-0.25, -0.2) is 0 Å². The molecule has 72 valence electrons. The number of nitrogens with zero attached hydrogens (tertiary/aromatic N) is 2. The average Bonchev–Trinajstić information content (AvgIpc) is 2.75. The van der Waals surface area contributed by atoms with Crippen LogP contribution in [0, 0.1) is 0 Å². The molecule has 0 saturated carbocycles. The monoisotopic (exact) mass is 183 g/mol. The van der Waals surface area contributed by atoms with Crippen LogP contribution in [-0.4, -0.2) is 29.3 Å². The predicted octanol–water partition coefficient (Wildman–Crippen LogP) is 0.338. The molecule has 1 N–H and O–H groups in total. The molecular weight excluding hydrogens is 170 g/mol. The highest BCUT2D eigenvalue weighted by atomic mass is 16.5. The fourth-order valence-corrected chi connectivity index (χ4v) is 1.45. The summed E-state index contributed by atoms with van der Waals surface area (Å²) < 4.78 is 9.99. The molecule has 5 heteroatoms. The molecule has 0 aliphatic carbocycles. The summed E-state index contributed by atoms with van der Waals surface area (Å²) in [6, 6.07) is 0.506. The van der Waals surface area contributed by atoms with Crippen molar-refractivity contribution >= 4 is 0 Å². The quantitative estimate of drug-likeness (QED) is 0.729. The Morgan fingerprint density at radius 3 is 3.38 bits per heavy atom. The Morgan fingerprint density at radius 1 is 1.69 bits per heavy atom. The van der Waals surface area contributed by atoms with Crippen LogP contribution in [0.2, 0.25) is 0 Å². The summed E-state index contributed by atoms with van der Waals surface area (Å²) in [5, 5.41) is 7.00. The Balaban J connectivity index is 1.63. The largest absolute Gasteiger partial charge is 0.372 e. The van der Waals surface area contributed by atoms with Crippen LogP contribution in [0.1, 0.15) is 18.7 Å². The van der Waals surface area contributed by atoms with Gasteiger partial charge in [-0.1, -0.05) is 5.16 Å². The topological polar surface area (TPSA) is 60.2 Å². The lowest BCUT2D eigenvalue weighted by molar-refractivity contribution is 0.0969. The van der Waals surface area contributed by atoms with Crippen LogP contribution in [0.4, 0.5) is 0 Å². The molecule has 1 fully saturated rings. The molecular formula is C8H13N3O2. The average molecular weight is 183 g/mol. The molecule has 1 aliphatic heterocycles. The van der Waals surface area contributed by atoms with Gasteiger partial charge in [0, 0.05) is 6.04 Å². The Bertz CT molecular complexity index is 232. The summed E-state index contributed by atoms with van der Waals surface area (Å²) in [4.78, 5) is 3.86. The first-order valence-corrected chi connectivity index (χ1v) is 4.51. The van der Waals surface area contributed by atoms with E-state index in [2.05, 4.69) is 20.0 Å². The van der Waals surface area contributed by atoms with E-state index >= 15 is 0 Å². The maximum atomic E-state index is 5.41. The second-order valence-electron chi connectivity index (χ2n) is 3.16. The lowest BCUT2D eigenvalue weighted by atomic mass is 10.2. The van der Waals surface area contributed by atoms with Crippen molar-refractivity contribution in [3.05, 3.63) is 12.2 Å². The van der Waals surface area contributed by atoms with Gasteiger partial charge in [0.1, 0.15) is 6.61 Å². The first kappa shape index (κ1) is 8.65. The SMILES string of the molecule is c1nc(COCC2CCCN2)no1. The van der Waals surface area contributed by atoms with Crippen LogP contribution in [0.3, 0.4) is 0 Å². The van der Waals surface area contributed by atoms with Crippen molar-refractivity contribution in [2.24, 2.45) is 0 Å². The molecule has 1 aromatic heterocycles. The Morgan fingerprint density at radius 2 is 2.69 bits per heavy atom. The number of hydrogen-bond donors (Lipinski definition) is 1. The van der Waals surface area contributed by atoms with Gasteiger partial charge in [0.2, 0.25) is 6.39 Å². The summed E-state index contributed by atoms with van der Waals surface area (Å²) in [7, 11) is 0. The van der Waals surface area contributed by atoms with Crippen molar-refractivity contribution < 1.29 is 9.26 Å². The molecule has 0 bridgehead atoms. The molecule has 0 aromatic carbocycles. The van der Waals surface area contributed by atoms with E-state index in [1.54, 1.807) is 0 Å². The standard InChI is InChI=1S/C8H13N3O2/c1-2-7(9-3-1)4-12-5-8-10-6-13-11-8/h6-7,9H,1-5H2. The van der Waals surface area contributed by atoms with E-state index in [1.807, 2.05) is 0 Å². The minimum Gasteiger partial charge on any atom is -0.372 e. The molecule has 0 spiro atoms. The van der Waals surface area contributed by atoms with Crippen LogP contribution >= 0.6 is 0 Å². The Labute approximate surface area is 76.5 Å². The van der Waals surface area contributed by atoms with Crippen LogP contribution in [0.15, 0.2) is 10.9 Å². The molecule has 0 amide bonds. The molecule has 13 heavy (non-hydrogen) atoms. The zero-order valence-electron chi connectivity index (χ0n) is 7.40. The maximum absolute atomic E-state index is 5.41. The van der Waals surface area contributed by atoms with E-state index in [-0.39, 0.29) is 0 Å². The van der Waals surface area contributed by atoms with Gasteiger partial charge in [0.05, 0.1) is 6.61 Å². The maximum Gasteiger partial charge on any atom is 0.213 e. The van der Waals surface area contributed by atoms with Crippen molar-refractivity contribution in [2.75, 3.05) is 13.2 Å². The number of rotatable bonds is 4. The number of ether oxygens (including phenoxy) is 1. The zero-order valence-corrected chi connectivity index (χ0v) is 7.40. The highest BCUT2D eigenvalue weighted by Gasteiger charge is 2.13. The van der Waals surface area contributed by atoms with Crippen LogP contribution in [0.5, 0.6) is 0 Å². The van der Waals surface area contributed by atoms with Gasteiger partial charge in [0.15, 0.2) is 5.82 Å². The smallest absolute Gasteiger partial charge is 0.213 e. The minimum absolute atomic E-state index is 0.439. The van der Waals surface area contributed by atoms with Crippen molar-refractivity contribution in [1.82, 2.24) is 15.5 Å². The highest BCUT2D eigenvalue weighted by Crippen LogP contribution is 2.05. The van der Waals surface area contributed by atoms with Crippen molar-refractivity contribution in [2.45, 2.75) is 25.5 Å². The van der Waals surface area contributed by atoms with E-state index in [1.165, 1.54) is 19.2 Å². The highest BCUT2D eigenvalue weighted by molar-refractivity contribution is 4.76. The van der Waals surface area contributed by atoms with Gasteiger partial charge < -0.3 is 14.6 Å². The summed E-state index contributed by atoms with van der Waals surface area (Å²) in [6.45, 7) is 2.28. The third kappa shape index (κ3) is 2.50. The molecule has 2 rings (SSSR count). The Hall–Kier alpha value is -0.940. The van der Waals surface area contributed by atoms with E-state index in [0.29, 0.717) is 18.5 Å². The lowest BCUT2D eigenvalue weighted by Gasteiger charge is -2.08. The van der Waals surface area contributed by atoms with E-state index < -0.39 is 0 Å². The van der Waals surface area contributed by atoms with Gasteiger partial charge in [0.25, 0.3) is 0 Å². The van der Waals surface area contributed by atoms with Crippen molar-refractivity contribution in [3.8, 4) is 0 Å². The molecule has 1 aliphatic rings. The van der Waals surface area contributed by atoms with Crippen LogP contribution in [0.25, 0.3) is 0 Å². The molecule has 1 saturated heterocycles. The van der Waals surface area contributed by atoms with Gasteiger partial charge in [-0.3, -0.25) is 0 Å². The summed E-state index contributed by atoms with van der Waals surface area (Å²) in [5.74, 6) is 0.609. The van der Waals surface area contributed by atoms with Crippen molar-refractivity contribution in [3.63, 3.8) is 0 Å². The van der Waals surface area contributed by atoms with E-state index in [4.69, 9.17) is 4.74 Å². The van der Waals surface area contributed by atoms with Crippen molar-refractivity contribution in [1.29, 1.82) is 0 Å². The van der Waals surface area contributed by atoms with Crippen LogP contribution < -0.4 is 5.32 Å². The fourth-order valence-electron chi connectivity index (χ4n) is 1.45. The first-order chi connectivity index (χ1) is 6.45. The molecule has 1 atom stereocenters. The fraction of sp³-hybridized carbons (Fsp3) is 0.750. The zero-order chi connectivity index (χ0) is 8.93. The second kappa shape index (κ2) is 4.34. The third-order valence-electron chi connectivity index (χ3n) is 2.12. The summed E-state index contributed by atoms with van der Waals surface area (Å²) >= 11 is 0. The van der Waals surface area contributed by atoms with Gasteiger partial charge in [-0.2, -0.15) is 4.98 Å². The summed E-state index contributed by atoms with van der Waals surface area (Å²) in [5.41, 5.74) is 0. The molecule has 1 aromatic rings. The lowest BCUT2D eigenvalue weighted by Crippen LogP contribution is -2.26. The van der Waals surface area contributed by atoms with Gasteiger partial charge >= 0.3 is 0 Å². The first-order valence-electron chi connectivity index (χ1n) is 4.51. The molecule has 1 unspecified atom stereocenters. The minimum atomic E-state index is 0.439. The third-order valence-corrected chi connectivity index (χ3v) is 2.12. The normalized spacial score (nSPS) is 22.3. The van der Waals surface area contributed by atoms with E-state index in [0.717, 1.165) is 13.2 Å². The van der Waals surface area contributed by atoms with Gasteiger partial charge in [-0.05, 0) is 19.4 Å². The molecule has 5 nitrogen and oxygen atoms in total.